The number of fused-ring (bicyclic) bond motifs is 1. The molecule has 2 aromatic rings. The van der Waals surface area contributed by atoms with E-state index in [2.05, 4.69) is 9.71 Å². The number of aliphatic imine (C=N–C) groups is 1. The highest BCUT2D eigenvalue weighted by Crippen LogP contribution is 2.20. The van der Waals surface area contributed by atoms with Crippen LogP contribution in [0.15, 0.2) is 52.4 Å². The van der Waals surface area contributed by atoms with Crippen LogP contribution in [0.1, 0.15) is 32.6 Å². The summed E-state index contributed by atoms with van der Waals surface area (Å²) in [5, 5.41) is 22.8. The molecule has 0 aliphatic rings. The minimum Gasteiger partial charge on any atom is -0.480 e. The SMILES string of the molecule is CCCCN(CC(=O)O)C(=O)[C@H](CCCN=C(N)N)NS(=O)(=O)c1ccc2ccccc2c1.N#N. The highest BCUT2D eigenvalue weighted by Gasteiger charge is 2.30. The zero-order valence-corrected chi connectivity index (χ0v) is 20.3. The Bertz CT molecular complexity index is 1150. The number of hydrogen-bond donors (Lipinski definition) is 4. The molecule has 1 atom stereocenters. The van der Waals surface area contributed by atoms with E-state index in [9.17, 15) is 23.1 Å². The number of sulfonamides is 1. The van der Waals surface area contributed by atoms with Gasteiger partial charge in [-0.25, -0.2) is 8.42 Å². The lowest BCUT2D eigenvalue weighted by Gasteiger charge is -2.26. The van der Waals surface area contributed by atoms with E-state index in [1.165, 1.54) is 17.0 Å². The Kier molecular flexibility index (Phi) is 12.1. The van der Waals surface area contributed by atoms with Gasteiger partial charge in [-0.15, -0.1) is 0 Å². The molecule has 1 amide bonds. The van der Waals surface area contributed by atoms with Gasteiger partial charge in [0.15, 0.2) is 5.96 Å². The van der Waals surface area contributed by atoms with E-state index >= 15 is 0 Å². The van der Waals surface area contributed by atoms with Gasteiger partial charge in [0.1, 0.15) is 12.6 Å². The molecule has 35 heavy (non-hydrogen) atoms. The van der Waals surface area contributed by atoms with Crippen molar-refractivity contribution in [2.75, 3.05) is 19.6 Å². The number of guanidine groups is 1. The number of carboxylic acids is 1. The average molecular weight is 506 g/mol. The fourth-order valence-corrected chi connectivity index (χ4v) is 4.58. The highest BCUT2D eigenvalue weighted by molar-refractivity contribution is 7.89. The molecule has 0 heterocycles. The van der Waals surface area contributed by atoms with Crippen molar-refractivity contribution in [2.45, 2.75) is 43.5 Å². The van der Waals surface area contributed by atoms with Crippen molar-refractivity contribution in [3.63, 3.8) is 0 Å². The number of rotatable bonds is 13. The fourth-order valence-electron chi connectivity index (χ4n) is 3.33. The first-order valence-electron chi connectivity index (χ1n) is 10.9. The fraction of sp³-hybridized carbons (Fsp3) is 0.409. The molecular formula is C22H31N7O5S. The predicted molar refractivity (Wildman–Crippen MR) is 131 cm³/mol. The van der Waals surface area contributed by atoms with Crippen molar-refractivity contribution in [3.8, 4) is 0 Å². The maximum absolute atomic E-state index is 13.2. The van der Waals surface area contributed by atoms with Gasteiger partial charge in [-0.1, -0.05) is 43.7 Å². The van der Waals surface area contributed by atoms with E-state index in [0.29, 0.717) is 12.8 Å². The maximum atomic E-state index is 13.2. The van der Waals surface area contributed by atoms with Crippen LogP contribution in [-0.2, 0) is 19.6 Å². The Labute approximate surface area is 204 Å². The van der Waals surface area contributed by atoms with Gasteiger partial charge in [0.2, 0.25) is 15.9 Å². The third kappa shape index (κ3) is 9.55. The first-order valence-corrected chi connectivity index (χ1v) is 12.4. The van der Waals surface area contributed by atoms with E-state index in [-0.39, 0.29) is 30.4 Å². The van der Waals surface area contributed by atoms with Crippen LogP contribution in [0.25, 0.3) is 10.8 Å². The Morgan fingerprint density at radius 3 is 2.37 bits per heavy atom. The summed E-state index contributed by atoms with van der Waals surface area (Å²) in [7, 11) is -4.06. The van der Waals surface area contributed by atoms with Crippen molar-refractivity contribution in [1.82, 2.24) is 9.62 Å². The number of nitrogens with one attached hydrogen (secondary N) is 1. The Morgan fingerprint density at radius 1 is 1.11 bits per heavy atom. The normalized spacial score (nSPS) is 11.6. The lowest BCUT2D eigenvalue weighted by Crippen LogP contribution is -2.50. The van der Waals surface area contributed by atoms with Gasteiger partial charge in [0.05, 0.1) is 4.90 Å². The Morgan fingerprint density at radius 2 is 1.77 bits per heavy atom. The highest BCUT2D eigenvalue weighted by atomic mass is 32.2. The van der Waals surface area contributed by atoms with E-state index in [0.717, 1.165) is 17.2 Å². The summed E-state index contributed by atoms with van der Waals surface area (Å²) in [5.74, 6) is -1.87. The molecule has 2 aromatic carbocycles. The van der Waals surface area contributed by atoms with Crippen molar-refractivity contribution in [1.29, 1.82) is 10.8 Å². The Hall–Kier alpha value is -3.76. The van der Waals surface area contributed by atoms with Gasteiger partial charge in [-0.2, -0.15) is 4.72 Å². The van der Waals surface area contributed by atoms with Gasteiger partial charge in [-0.05, 0) is 42.2 Å². The lowest BCUT2D eigenvalue weighted by molar-refractivity contribution is -0.145. The molecule has 6 N–H and O–H groups in total. The first kappa shape index (κ1) is 29.3. The van der Waals surface area contributed by atoms with Gasteiger partial charge in [-0.3, -0.25) is 14.6 Å². The molecule has 0 saturated carbocycles. The number of amides is 1. The van der Waals surface area contributed by atoms with Gasteiger partial charge in [0.25, 0.3) is 0 Å². The molecule has 12 nitrogen and oxygen atoms in total. The minimum absolute atomic E-state index is 0.0153. The van der Waals surface area contributed by atoms with Crippen molar-refractivity contribution in [2.24, 2.45) is 16.5 Å². The molecule has 0 aromatic heterocycles. The number of benzene rings is 2. The number of nitrogens with two attached hydrogens (primary N) is 2. The summed E-state index contributed by atoms with van der Waals surface area (Å²) in [6.07, 6.45) is 1.77. The second-order valence-electron chi connectivity index (χ2n) is 7.64. The number of carbonyl (C=O) groups excluding carboxylic acids is 1. The summed E-state index contributed by atoms with van der Waals surface area (Å²) >= 11 is 0. The van der Waals surface area contributed by atoms with Crippen LogP contribution in [0.4, 0.5) is 0 Å². The molecule has 0 spiro atoms. The summed E-state index contributed by atoms with van der Waals surface area (Å²) < 4.78 is 28.7. The van der Waals surface area contributed by atoms with Crippen LogP contribution >= 0.6 is 0 Å². The second kappa shape index (κ2) is 14.5. The standard InChI is InChI=1S/C22H31N5O5S.N2/c1-2-3-13-27(15-20(28)29)21(30)19(9-6-12-25-22(23)24)26-33(31,32)18-11-10-16-7-4-5-8-17(16)14-18;1-2/h4-5,7-8,10-11,14,19,26H,2-3,6,9,12-13,15H2,1H3,(H,28,29)(H4,23,24,25);/t19-;/m0./s1. The van der Waals surface area contributed by atoms with E-state index in [1.807, 2.05) is 19.1 Å². The van der Waals surface area contributed by atoms with Crippen molar-refractivity contribution in [3.05, 3.63) is 42.5 Å². The molecule has 0 saturated heterocycles. The predicted octanol–water partition coefficient (Wildman–Crippen LogP) is 1.28. The summed E-state index contributed by atoms with van der Waals surface area (Å²) in [6.45, 7) is 1.82. The van der Waals surface area contributed by atoms with Crippen LogP contribution in [0.2, 0.25) is 0 Å². The lowest BCUT2D eigenvalue weighted by atomic mass is 10.1. The quantitative estimate of drug-likeness (QED) is 0.133. The molecule has 0 unspecified atom stereocenters. The number of unbranched alkanes of at least 4 members (excludes halogenated alkanes) is 1. The van der Waals surface area contributed by atoms with Crippen LogP contribution in [0.5, 0.6) is 0 Å². The maximum Gasteiger partial charge on any atom is 0.323 e. The summed E-state index contributed by atoms with van der Waals surface area (Å²) in [4.78, 5) is 29.5. The van der Waals surface area contributed by atoms with Gasteiger partial charge < -0.3 is 21.5 Å². The number of hydrogen-bond acceptors (Lipinski definition) is 7. The molecule has 2 rings (SSSR count). The molecular weight excluding hydrogens is 474 g/mol. The second-order valence-corrected chi connectivity index (χ2v) is 9.35. The third-order valence-corrected chi connectivity index (χ3v) is 6.46. The van der Waals surface area contributed by atoms with Crippen LogP contribution in [-0.4, -0.2) is 61.9 Å². The number of carbonyl (C=O) groups is 2. The largest absolute Gasteiger partial charge is 0.480 e. The molecule has 0 aliphatic heterocycles. The van der Waals surface area contributed by atoms with Gasteiger partial charge >= 0.3 is 5.97 Å². The zero-order chi connectivity index (χ0) is 26.4. The van der Waals surface area contributed by atoms with E-state index in [4.69, 9.17) is 22.3 Å². The van der Waals surface area contributed by atoms with E-state index in [1.54, 1.807) is 18.2 Å². The minimum atomic E-state index is -4.06. The first-order chi connectivity index (χ1) is 16.6. The van der Waals surface area contributed by atoms with Crippen LogP contribution in [0, 0.1) is 10.8 Å². The van der Waals surface area contributed by atoms with Crippen LogP contribution < -0.4 is 16.2 Å². The Balaban J connectivity index is 0.00000298. The van der Waals surface area contributed by atoms with Crippen molar-refractivity contribution < 1.29 is 23.1 Å². The van der Waals surface area contributed by atoms with E-state index < -0.39 is 34.5 Å². The average Bonchev–Trinajstić information content (AvgIpc) is 2.83. The molecule has 0 bridgehead atoms. The number of carboxylic acid groups (broad SMARTS) is 1. The number of aliphatic carboxylic acids is 1. The smallest absolute Gasteiger partial charge is 0.323 e. The third-order valence-electron chi connectivity index (χ3n) is 4.99. The molecule has 13 heteroatoms. The molecule has 0 aliphatic carbocycles. The number of nitrogens with zero attached hydrogens (tertiary/aromatic N) is 4. The van der Waals surface area contributed by atoms with Crippen molar-refractivity contribution >= 4 is 38.6 Å². The molecule has 0 radical (unpaired) electrons. The van der Waals surface area contributed by atoms with Crippen LogP contribution in [0.3, 0.4) is 0 Å². The topological polar surface area (TPSA) is 216 Å². The van der Waals surface area contributed by atoms with Gasteiger partial charge in [0, 0.05) is 23.9 Å². The molecule has 190 valence electrons. The summed E-state index contributed by atoms with van der Waals surface area (Å²) in [6, 6.07) is 10.9. The zero-order valence-electron chi connectivity index (χ0n) is 19.5. The summed E-state index contributed by atoms with van der Waals surface area (Å²) in [5.41, 5.74) is 10.7. The molecule has 0 fully saturated rings. The monoisotopic (exact) mass is 505 g/mol.